The van der Waals surface area contributed by atoms with Crippen LogP contribution in [0.25, 0.3) is 0 Å². The highest BCUT2D eigenvalue weighted by atomic mass is 16.6. The van der Waals surface area contributed by atoms with Crippen molar-refractivity contribution in [1.82, 2.24) is 9.80 Å². The van der Waals surface area contributed by atoms with Gasteiger partial charge in [-0.1, -0.05) is 50.3 Å². The summed E-state index contributed by atoms with van der Waals surface area (Å²) >= 11 is 0. The van der Waals surface area contributed by atoms with E-state index in [0.717, 1.165) is 12.0 Å². The van der Waals surface area contributed by atoms with Crippen molar-refractivity contribution in [2.24, 2.45) is 17.8 Å². The molecule has 1 aromatic rings. The Labute approximate surface area is 263 Å². The summed E-state index contributed by atoms with van der Waals surface area (Å²) in [6.45, 7) is 13.1. The standard InChI is InChI=1S/C35H53N3O6/c1-34(2,3)43-31(40)17-12-18-37(32(41)28-20-30(39)36-29-16-11-10-15-27(28)29)22-26-23-38(33(42)44-35(4,5)6)21-25(26)19-24-13-8-7-9-14-24/h10-11,15-16,24-26,28H,7-9,12-14,17-23H2,1-6H3,(H,36,39)/t25-,26-,28?/m1/s1. The molecule has 9 heteroatoms. The molecule has 44 heavy (non-hydrogen) atoms. The van der Waals surface area contributed by atoms with Crippen LogP contribution < -0.4 is 5.32 Å². The predicted molar refractivity (Wildman–Crippen MR) is 170 cm³/mol. The van der Waals surface area contributed by atoms with E-state index in [1.807, 2.05) is 75.6 Å². The monoisotopic (exact) mass is 611 g/mol. The van der Waals surface area contributed by atoms with Gasteiger partial charge in [0.2, 0.25) is 11.8 Å². The van der Waals surface area contributed by atoms with E-state index in [-0.39, 0.29) is 48.6 Å². The first-order chi connectivity index (χ1) is 20.7. The summed E-state index contributed by atoms with van der Waals surface area (Å²) in [5, 5.41) is 2.90. The van der Waals surface area contributed by atoms with Crippen LogP contribution in [0.4, 0.5) is 10.5 Å². The zero-order valence-electron chi connectivity index (χ0n) is 27.7. The Morgan fingerprint density at radius 1 is 0.932 bits per heavy atom. The molecular formula is C35H53N3O6. The van der Waals surface area contributed by atoms with Crippen molar-refractivity contribution in [3.63, 3.8) is 0 Å². The molecule has 244 valence electrons. The molecule has 0 bridgehead atoms. The Balaban J connectivity index is 1.55. The highest BCUT2D eigenvalue weighted by Crippen LogP contribution is 2.38. The number of ether oxygens (including phenoxy) is 2. The zero-order valence-corrected chi connectivity index (χ0v) is 27.7. The number of likely N-dealkylation sites (tertiary alicyclic amines) is 1. The molecule has 1 aliphatic carbocycles. The normalized spacial score (nSPS) is 22.6. The van der Waals surface area contributed by atoms with E-state index >= 15 is 0 Å². The maximum atomic E-state index is 14.3. The molecule has 1 saturated carbocycles. The molecular weight excluding hydrogens is 558 g/mol. The van der Waals surface area contributed by atoms with Crippen molar-refractivity contribution in [2.75, 3.05) is 31.5 Å². The molecule has 2 aliphatic heterocycles. The number of nitrogens with zero attached hydrogens (tertiary/aromatic N) is 2. The summed E-state index contributed by atoms with van der Waals surface area (Å²) < 4.78 is 11.3. The van der Waals surface area contributed by atoms with E-state index in [0.29, 0.717) is 44.2 Å². The number of rotatable bonds is 9. The first-order valence-electron chi connectivity index (χ1n) is 16.6. The van der Waals surface area contributed by atoms with E-state index in [1.165, 1.54) is 32.1 Å². The first-order valence-corrected chi connectivity index (χ1v) is 16.6. The van der Waals surface area contributed by atoms with E-state index in [2.05, 4.69) is 5.32 Å². The molecule has 0 aromatic heterocycles. The number of esters is 1. The lowest BCUT2D eigenvalue weighted by atomic mass is 9.79. The van der Waals surface area contributed by atoms with Crippen LogP contribution in [0.2, 0.25) is 0 Å². The molecule has 3 aliphatic rings. The fourth-order valence-corrected chi connectivity index (χ4v) is 6.97. The second-order valence-electron chi connectivity index (χ2n) is 15.0. The van der Waals surface area contributed by atoms with Crippen LogP contribution >= 0.6 is 0 Å². The maximum absolute atomic E-state index is 14.3. The van der Waals surface area contributed by atoms with Gasteiger partial charge in [-0.3, -0.25) is 14.4 Å². The fraction of sp³-hybridized carbons (Fsp3) is 0.714. The van der Waals surface area contributed by atoms with Crippen LogP contribution in [0.5, 0.6) is 0 Å². The smallest absolute Gasteiger partial charge is 0.410 e. The van der Waals surface area contributed by atoms with Gasteiger partial charge in [-0.05, 0) is 83.8 Å². The van der Waals surface area contributed by atoms with Crippen LogP contribution in [0.1, 0.15) is 111 Å². The molecule has 1 aromatic carbocycles. The summed E-state index contributed by atoms with van der Waals surface area (Å²) in [6, 6.07) is 7.47. The van der Waals surface area contributed by atoms with Crippen molar-refractivity contribution in [2.45, 2.75) is 116 Å². The number of carbonyl (C=O) groups is 4. The highest BCUT2D eigenvalue weighted by Gasteiger charge is 2.41. The van der Waals surface area contributed by atoms with Crippen molar-refractivity contribution < 1.29 is 28.7 Å². The lowest BCUT2D eigenvalue weighted by Gasteiger charge is -2.34. The Hall–Kier alpha value is -3.10. The van der Waals surface area contributed by atoms with Gasteiger partial charge < -0.3 is 24.6 Å². The number of amides is 3. The topological polar surface area (TPSA) is 105 Å². The van der Waals surface area contributed by atoms with Gasteiger partial charge in [-0.2, -0.15) is 0 Å². The first kappa shape index (κ1) is 33.8. The largest absolute Gasteiger partial charge is 0.460 e. The molecule has 2 heterocycles. The van der Waals surface area contributed by atoms with Gasteiger partial charge in [0.25, 0.3) is 0 Å². The lowest BCUT2D eigenvalue weighted by molar-refractivity contribution is -0.155. The third kappa shape index (κ3) is 9.70. The molecule has 2 fully saturated rings. The Bertz CT molecular complexity index is 1180. The average molecular weight is 612 g/mol. The fourth-order valence-electron chi connectivity index (χ4n) is 6.97. The van der Waals surface area contributed by atoms with E-state index < -0.39 is 17.1 Å². The van der Waals surface area contributed by atoms with E-state index in [9.17, 15) is 19.2 Å². The van der Waals surface area contributed by atoms with Crippen LogP contribution in [0, 0.1) is 17.8 Å². The van der Waals surface area contributed by atoms with Gasteiger partial charge >= 0.3 is 12.1 Å². The molecule has 1 unspecified atom stereocenters. The van der Waals surface area contributed by atoms with Gasteiger partial charge in [0.15, 0.2) is 0 Å². The second kappa shape index (κ2) is 14.3. The summed E-state index contributed by atoms with van der Waals surface area (Å²) in [5.41, 5.74) is 0.317. The van der Waals surface area contributed by atoms with Crippen LogP contribution in [-0.2, 0) is 23.9 Å². The number of anilines is 1. The minimum atomic E-state index is -0.596. The maximum Gasteiger partial charge on any atom is 0.410 e. The molecule has 4 rings (SSSR count). The third-order valence-corrected chi connectivity index (χ3v) is 8.88. The van der Waals surface area contributed by atoms with Gasteiger partial charge in [0.05, 0.1) is 5.92 Å². The Kier molecular flexibility index (Phi) is 11.0. The minimum Gasteiger partial charge on any atom is -0.460 e. The average Bonchev–Trinajstić information content (AvgIpc) is 3.32. The van der Waals surface area contributed by atoms with Crippen molar-refractivity contribution in [1.29, 1.82) is 0 Å². The summed E-state index contributed by atoms with van der Waals surface area (Å²) in [5.74, 6) is -0.232. The summed E-state index contributed by atoms with van der Waals surface area (Å²) in [4.78, 5) is 56.3. The SMILES string of the molecule is CC(C)(C)OC(=O)CCCN(C[C@@H]1CN(C(=O)OC(C)(C)C)C[C@H]1CC1CCCCC1)C(=O)C1CC(=O)Nc2ccccc21. The van der Waals surface area contributed by atoms with Crippen molar-refractivity contribution in [3.05, 3.63) is 29.8 Å². The molecule has 0 radical (unpaired) electrons. The summed E-state index contributed by atoms with van der Waals surface area (Å²) in [7, 11) is 0. The van der Waals surface area contributed by atoms with E-state index in [1.54, 1.807) is 0 Å². The highest BCUT2D eigenvalue weighted by molar-refractivity contribution is 6.01. The Morgan fingerprint density at radius 2 is 1.59 bits per heavy atom. The van der Waals surface area contributed by atoms with Crippen LogP contribution in [0.3, 0.4) is 0 Å². The zero-order chi connectivity index (χ0) is 32.1. The van der Waals surface area contributed by atoms with E-state index in [4.69, 9.17) is 9.47 Å². The number of benzene rings is 1. The Morgan fingerprint density at radius 3 is 2.27 bits per heavy atom. The van der Waals surface area contributed by atoms with Crippen LogP contribution in [0.15, 0.2) is 24.3 Å². The summed E-state index contributed by atoms with van der Waals surface area (Å²) in [6.07, 6.45) is 7.65. The molecule has 1 saturated heterocycles. The van der Waals surface area contributed by atoms with Gasteiger partial charge in [-0.25, -0.2) is 4.79 Å². The predicted octanol–water partition coefficient (Wildman–Crippen LogP) is 6.52. The number of carbonyl (C=O) groups excluding carboxylic acids is 4. The lowest BCUT2D eigenvalue weighted by Crippen LogP contribution is -2.43. The van der Waals surface area contributed by atoms with Crippen LogP contribution in [-0.4, -0.2) is 71.1 Å². The van der Waals surface area contributed by atoms with Crippen molar-refractivity contribution >= 4 is 29.6 Å². The molecule has 3 atom stereocenters. The van der Waals surface area contributed by atoms with Gasteiger partial charge in [0.1, 0.15) is 11.2 Å². The molecule has 0 spiro atoms. The van der Waals surface area contributed by atoms with Gasteiger partial charge in [0, 0.05) is 44.7 Å². The molecule has 3 amide bonds. The number of fused-ring (bicyclic) bond motifs is 1. The number of nitrogens with one attached hydrogen (secondary N) is 1. The number of hydrogen-bond acceptors (Lipinski definition) is 6. The number of para-hydroxylation sites is 1. The van der Waals surface area contributed by atoms with Crippen molar-refractivity contribution in [3.8, 4) is 0 Å². The quantitative estimate of drug-likeness (QED) is 0.319. The third-order valence-electron chi connectivity index (χ3n) is 8.88. The van der Waals surface area contributed by atoms with Gasteiger partial charge in [-0.15, -0.1) is 0 Å². The number of hydrogen-bond donors (Lipinski definition) is 1. The molecule has 1 N–H and O–H groups in total. The second-order valence-corrected chi connectivity index (χ2v) is 15.0. The molecule has 9 nitrogen and oxygen atoms in total. The minimum absolute atomic E-state index is 0.0718.